The highest BCUT2D eigenvalue weighted by Gasteiger charge is 2.51. The van der Waals surface area contributed by atoms with Gasteiger partial charge in [0.05, 0.1) is 38.1 Å². The van der Waals surface area contributed by atoms with Crippen LogP contribution >= 0.6 is 0 Å². The van der Waals surface area contributed by atoms with E-state index in [0.29, 0.717) is 17.6 Å². The third-order valence-electron chi connectivity index (χ3n) is 8.85. The predicted octanol–water partition coefficient (Wildman–Crippen LogP) is -2.43. The van der Waals surface area contributed by atoms with Crippen LogP contribution in [0.3, 0.4) is 0 Å². The molecule has 0 aromatic heterocycles. The zero-order valence-electron chi connectivity index (χ0n) is 26.2. The van der Waals surface area contributed by atoms with Crippen molar-refractivity contribution < 1.29 is 83.6 Å². The number of fused-ring (bicyclic) bond motifs is 1. The Balaban J connectivity index is 1.19. The van der Waals surface area contributed by atoms with Gasteiger partial charge in [0.2, 0.25) is 6.29 Å². The summed E-state index contributed by atoms with van der Waals surface area (Å²) in [5.74, 6) is -2.54. The number of phenols is 1. The molecule has 0 saturated carbocycles. The van der Waals surface area contributed by atoms with E-state index in [1.807, 2.05) is 0 Å². The number of hydrogen-bond acceptors (Lipinski definition) is 17. The van der Waals surface area contributed by atoms with Gasteiger partial charge in [-0.05, 0) is 35.8 Å². The van der Waals surface area contributed by atoms with Gasteiger partial charge < -0.3 is 74.0 Å². The molecule has 17 nitrogen and oxygen atoms in total. The summed E-state index contributed by atoms with van der Waals surface area (Å²) >= 11 is 0. The summed E-state index contributed by atoms with van der Waals surface area (Å²) in [5.41, 5.74) is 1.32. The van der Waals surface area contributed by atoms with Crippen molar-refractivity contribution in [2.45, 2.75) is 74.1 Å². The van der Waals surface area contributed by atoms with Gasteiger partial charge in [-0.15, -0.1) is 0 Å². The van der Waals surface area contributed by atoms with Crippen molar-refractivity contribution in [1.82, 2.24) is 0 Å². The van der Waals surface area contributed by atoms with Crippen molar-refractivity contribution in [2.24, 2.45) is 11.8 Å². The number of esters is 2. The molecule has 3 heterocycles. The number of benzene rings is 1. The van der Waals surface area contributed by atoms with E-state index >= 15 is 0 Å². The van der Waals surface area contributed by atoms with Crippen LogP contribution in [0, 0.1) is 11.8 Å². The van der Waals surface area contributed by atoms with Crippen LogP contribution in [0.15, 0.2) is 53.8 Å². The molecule has 3 unspecified atom stereocenters. The number of allylic oxidation sites excluding steroid dienone is 1. The van der Waals surface area contributed by atoms with Crippen LogP contribution in [-0.2, 0) is 42.7 Å². The van der Waals surface area contributed by atoms with Gasteiger partial charge >= 0.3 is 11.9 Å². The Morgan fingerprint density at radius 2 is 1.49 bits per heavy atom. The number of aromatic hydroxyl groups is 1. The van der Waals surface area contributed by atoms with Gasteiger partial charge in [0, 0.05) is 12.0 Å². The first-order valence-electron chi connectivity index (χ1n) is 15.5. The lowest BCUT2D eigenvalue weighted by Gasteiger charge is -2.44. The van der Waals surface area contributed by atoms with Gasteiger partial charge in [0.1, 0.15) is 61.2 Å². The maximum atomic E-state index is 12.3. The maximum Gasteiger partial charge on any atom is 0.337 e. The number of carbonyl (C=O) groups is 2. The van der Waals surface area contributed by atoms with E-state index in [4.69, 9.17) is 33.2 Å². The number of methoxy groups -OCH3 is 1. The predicted molar refractivity (Wildman–Crippen MR) is 160 cm³/mol. The monoisotopic (exact) mass is 696 g/mol. The van der Waals surface area contributed by atoms with E-state index in [9.17, 15) is 50.4 Å². The molecule has 0 amide bonds. The number of ether oxygens (including phenoxy) is 7. The Bertz CT molecular complexity index is 1390. The lowest BCUT2D eigenvalue weighted by molar-refractivity contribution is -0.352. The second-order valence-corrected chi connectivity index (χ2v) is 11.9. The minimum atomic E-state index is -1.81. The molecular formula is C32H40O17. The van der Waals surface area contributed by atoms with Crippen molar-refractivity contribution in [3.05, 3.63) is 59.4 Å². The minimum Gasteiger partial charge on any atom is -0.508 e. The highest BCUT2D eigenvalue weighted by atomic mass is 16.8. The van der Waals surface area contributed by atoms with Crippen LogP contribution in [0.5, 0.6) is 5.75 Å². The van der Waals surface area contributed by atoms with Crippen LogP contribution in [0.1, 0.15) is 12.0 Å². The van der Waals surface area contributed by atoms with Crippen LogP contribution in [0.25, 0.3) is 6.08 Å². The molecule has 270 valence electrons. The van der Waals surface area contributed by atoms with E-state index in [0.717, 1.165) is 12.3 Å². The quantitative estimate of drug-likeness (QED) is 0.0679. The van der Waals surface area contributed by atoms with Crippen molar-refractivity contribution in [1.29, 1.82) is 0 Å². The molecular weight excluding hydrogens is 656 g/mol. The Morgan fingerprint density at radius 1 is 0.857 bits per heavy atom. The normalized spacial score (nSPS) is 37.5. The largest absolute Gasteiger partial charge is 0.508 e. The Morgan fingerprint density at radius 3 is 2.14 bits per heavy atom. The van der Waals surface area contributed by atoms with Crippen molar-refractivity contribution in [3.63, 3.8) is 0 Å². The standard InChI is InChI=1S/C32H40O17/c1-43-29(42)18-11-45-30(22-15(10-33)5-8-17(18)22)49-32-28(41)26(39)24(37)20(48-32)13-46-31-27(40)25(38)23(36)19(47-31)12-44-21(35)9-4-14-2-6-16(34)7-3-14/h2-7,9,11,17,19-20,22-28,30-34,36-41H,8,10,12-13H2,1H3/b9-4-/t17?,19-,20-,22?,23-,24-,25+,26+,27-,28-,30?,31-,32+/m1/s1. The SMILES string of the molecule is COC(=O)C1=COC(O[C@@H]2O[C@H](CO[C@@H]3O[C@H](COC(=O)/C=C\c4ccc(O)cc4)[C@@H](O)[C@H](O)[C@H]3O)[C@@H](O)[C@H](O)[C@H]2O)C2C(CO)=CCC12. The number of phenolic OH excluding ortho intramolecular Hbond substituents is 1. The van der Waals surface area contributed by atoms with Gasteiger partial charge in [-0.2, -0.15) is 0 Å². The maximum absolute atomic E-state index is 12.3. The van der Waals surface area contributed by atoms with E-state index in [1.54, 1.807) is 18.2 Å². The number of hydrogen-bond donors (Lipinski definition) is 8. The van der Waals surface area contributed by atoms with Crippen LogP contribution in [0.2, 0.25) is 0 Å². The van der Waals surface area contributed by atoms with E-state index in [-0.39, 0.29) is 17.9 Å². The lowest BCUT2D eigenvalue weighted by atomic mass is 9.83. The molecule has 13 atom stereocenters. The van der Waals surface area contributed by atoms with Crippen LogP contribution in [-0.4, -0.2) is 147 Å². The summed E-state index contributed by atoms with van der Waals surface area (Å²) < 4.78 is 38.3. The number of aliphatic hydroxyl groups is 7. The lowest BCUT2D eigenvalue weighted by Crippen LogP contribution is -2.62. The fourth-order valence-corrected chi connectivity index (χ4v) is 6.06. The first-order chi connectivity index (χ1) is 23.4. The third kappa shape index (κ3) is 8.13. The Kier molecular flexibility index (Phi) is 12.1. The molecule has 2 fully saturated rings. The average molecular weight is 697 g/mol. The van der Waals surface area contributed by atoms with E-state index < -0.39 is 105 Å². The minimum absolute atomic E-state index is 0.0487. The molecule has 2 saturated heterocycles. The molecule has 0 bridgehead atoms. The number of aliphatic hydroxyl groups excluding tert-OH is 7. The van der Waals surface area contributed by atoms with Crippen molar-refractivity contribution in [3.8, 4) is 5.75 Å². The van der Waals surface area contributed by atoms with Gasteiger partial charge in [-0.3, -0.25) is 0 Å². The number of carbonyl (C=O) groups excluding carboxylic acids is 2. The average Bonchev–Trinajstić information content (AvgIpc) is 3.55. The summed E-state index contributed by atoms with van der Waals surface area (Å²) in [7, 11) is 1.22. The summed E-state index contributed by atoms with van der Waals surface area (Å²) in [6.07, 6.45) is -12.0. The molecule has 1 aromatic rings. The summed E-state index contributed by atoms with van der Waals surface area (Å²) in [6.45, 7) is -1.51. The Hall–Kier alpha value is -3.46. The highest BCUT2D eigenvalue weighted by Crippen LogP contribution is 2.44. The van der Waals surface area contributed by atoms with Gasteiger partial charge in [-0.1, -0.05) is 18.2 Å². The van der Waals surface area contributed by atoms with Crippen molar-refractivity contribution in [2.75, 3.05) is 26.9 Å². The molecule has 4 aliphatic rings. The van der Waals surface area contributed by atoms with E-state index in [2.05, 4.69) is 0 Å². The summed E-state index contributed by atoms with van der Waals surface area (Å²) in [5, 5.41) is 82.6. The summed E-state index contributed by atoms with van der Waals surface area (Å²) in [4.78, 5) is 24.5. The molecule has 8 N–H and O–H groups in total. The molecule has 0 spiro atoms. The highest BCUT2D eigenvalue weighted by molar-refractivity contribution is 5.89. The van der Waals surface area contributed by atoms with Crippen molar-refractivity contribution >= 4 is 18.0 Å². The molecule has 3 aliphatic heterocycles. The topological polar surface area (TPSA) is 261 Å². The first-order valence-corrected chi connectivity index (χ1v) is 15.5. The molecule has 49 heavy (non-hydrogen) atoms. The van der Waals surface area contributed by atoms with Gasteiger partial charge in [0.25, 0.3) is 0 Å². The fraction of sp³-hybridized carbons (Fsp3) is 0.562. The van der Waals surface area contributed by atoms with Crippen LogP contribution in [0.4, 0.5) is 0 Å². The van der Waals surface area contributed by atoms with Gasteiger partial charge in [0.15, 0.2) is 12.6 Å². The second kappa shape index (κ2) is 16.0. The second-order valence-electron chi connectivity index (χ2n) is 11.9. The molecule has 0 radical (unpaired) electrons. The zero-order chi connectivity index (χ0) is 35.4. The smallest absolute Gasteiger partial charge is 0.337 e. The first kappa shape index (κ1) is 36.8. The molecule has 5 rings (SSSR count). The molecule has 17 heteroatoms. The molecule has 1 aromatic carbocycles. The fourth-order valence-electron chi connectivity index (χ4n) is 6.06. The van der Waals surface area contributed by atoms with Gasteiger partial charge in [-0.25, -0.2) is 9.59 Å². The summed E-state index contributed by atoms with van der Waals surface area (Å²) in [6, 6.07) is 5.98. The van der Waals surface area contributed by atoms with Crippen LogP contribution < -0.4 is 0 Å². The third-order valence-corrected chi connectivity index (χ3v) is 8.85. The van der Waals surface area contributed by atoms with E-state index in [1.165, 1.54) is 25.3 Å². The Labute approximate surface area is 279 Å². The zero-order valence-corrected chi connectivity index (χ0v) is 26.2. The number of rotatable bonds is 11. The molecule has 1 aliphatic carbocycles.